The van der Waals surface area contributed by atoms with E-state index in [0.29, 0.717) is 0 Å². The van der Waals surface area contributed by atoms with Crippen molar-refractivity contribution in [3.8, 4) is 0 Å². The number of carbonyl (C=O) groups excluding carboxylic acids is 1. The number of alkyl halides is 1. The Labute approximate surface area is 63.3 Å². The highest BCUT2D eigenvalue weighted by Gasteiger charge is 2.22. The van der Waals surface area contributed by atoms with Crippen molar-refractivity contribution in [1.29, 1.82) is 0 Å². The molecule has 2 nitrogen and oxygen atoms in total. The van der Waals surface area contributed by atoms with Crippen LogP contribution in [0.4, 0.5) is 0 Å². The molecule has 0 aromatic rings. The van der Waals surface area contributed by atoms with E-state index in [9.17, 15) is 4.79 Å². The maximum absolute atomic E-state index is 11.0. The molecule has 1 rings (SSSR count). The summed E-state index contributed by atoms with van der Waals surface area (Å²) in [4.78, 5) is 12.9. The van der Waals surface area contributed by atoms with Gasteiger partial charge in [0.25, 0.3) is 0 Å². The van der Waals surface area contributed by atoms with Gasteiger partial charge in [-0.05, 0) is 13.3 Å². The average Bonchev–Trinajstić information content (AvgIpc) is 1.60. The fourth-order valence-electron chi connectivity index (χ4n) is 0.788. The number of rotatable bonds is 1. The summed E-state index contributed by atoms with van der Waals surface area (Å²) < 4.78 is 0. The average molecular weight is 192 g/mol. The van der Waals surface area contributed by atoms with Crippen LogP contribution in [0.3, 0.4) is 0 Å². The van der Waals surface area contributed by atoms with Crippen molar-refractivity contribution >= 4 is 21.8 Å². The lowest BCUT2D eigenvalue weighted by atomic mass is 10.2. The second-order valence-corrected chi connectivity index (χ2v) is 3.67. The van der Waals surface area contributed by atoms with Gasteiger partial charge in [-0.2, -0.15) is 0 Å². The summed E-state index contributed by atoms with van der Waals surface area (Å²) in [6.07, 6.45) is 1.17. The molecule has 1 amide bonds. The van der Waals surface area contributed by atoms with Gasteiger partial charge >= 0.3 is 0 Å². The van der Waals surface area contributed by atoms with E-state index in [0.717, 1.165) is 13.1 Å². The molecule has 1 fully saturated rings. The van der Waals surface area contributed by atoms with Gasteiger partial charge in [-0.15, -0.1) is 0 Å². The third kappa shape index (κ3) is 1.45. The number of likely N-dealkylation sites (tertiary alicyclic amines) is 1. The van der Waals surface area contributed by atoms with Crippen LogP contribution in [0.1, 0.15) is 13.3 Å². The zero-order valence-corrected chi connectivity index (χ0v) is 7.02. The van der Waals surface area contributed by atoms with E-state index >= 15 is 0 Å². The number of amides is 1. The number of halogens is 1. The molecule has 1 saturated heterocycles. The second kappa shape index (κ2) is 2.69. The predicted molar refractivity (Wildman–Crippen MR) is 39.6 cm³/mol. The molecule has 52 valence electrons. The Morgan fingerprint density at radius 2 is 2.22 bits per heavy atom. The molecule has 1 aliphatic heterocycles. The number of carbonyl (C=O) groups is 1. The van der Waals surface area contributed by atoms with E-state index in [1.54, 1.807) is 0 Å². The Morgan fingerprint density at radius 1 is 1.67 bits per heavy atom. The van der Waals surface area contributed by atoms with Gasteiger partial charge in [0.05, 0.1) is 4.83 Å². The molecular formula is C6H10BrNO. The molecular weight excluding hydrogens is 182 g/mol. The fourth-order valence-corrected chi connectivity index (χ4v) is 1.08. The molecule has 0 unspecified atom stereocenters. The van der Waals surface area contributed by atoms with E-state index < -0.39 is 0 Å². The zero-order valence-electron chi connectivity index (χ0n) is 5.43. The summed E-state index contributed by atoms with van der Waals surface area (Å²) in [7, 11) is 0. The number of hydrogen-bond donors (Lipinski definition) is 0. The molecule has 0 saturated carbocycles. The summed E-state index contributed by atoms with van der Waals surface area (Å²) in [5.74, 6) is 0.223. The minimum absolute atomic E-state index is 0.00204. The zero-order chi connectivity index (χ0) is 6.85. The molecule has 1 atom stereocenters. The van der Waals surface area contributed by atoms with Crippen molar-refractivity contribution in [2.75, 3.05) is 13.1 Å². The highest BCUT2D eigenvalue weighted by atomic mass is 79.9. The summed E-state index contributed by atoms with van der Waals surface area (Å²) in [5.41, 5.74) is 0. The van der Waals surface area contributed by atoms with E-state index in [1.165, 1.54) is 6.42 Å². The molecule has 0 radical (unpaired) electrons. The summed E-state index contributed by atoms with van der Waals surface area (Å²) in [5, 5.41) is 0. The first-order chi connectivity index (χ1) is 4.22. The van der Waals surface area contributed by atoms with E-state index in [4.69, 9.17) is 0 Å². The first-order valence-electron chi connectivity index (χ1n) is 3.14. The maximum atomic E-state index is 11.0. The molecule has 0 spiro atoms. The van der Waals surface area contributed by atoms with Crippen LogP contribution in [0, 0.1) is 0 Å². The summed E-state index contributed by atoms with van der Waals surface area (Å²) >= 11 is 3.22. The van der Waals surface area contributed by atoms with Crippen LogP contribution < -0.4 is 0 Å². The van der Waals surface area contributed by atoms with Crippen LogP contribution in [-0.2, 0) is 4.79 Å². The van der Waals surface area contributed by atoms with E-state index in [2.05, 4.69) is 15.9 Å². The highest BCUT2D eigenvalue weighted by molar-refractivity contribution is 9.10. The molecule has 1 aliphatic rings. The van der Waals surface area contributed by atoms with Crippen LogP contribution in [-0.4, -0.2) is 28.7 Å². The van der Waals surface area contributed by atoms with E-state index in [-0.39, 0.29) is 10.7 Å². The van der Waals surface area contributed by atoms with E-state index in [1.807, 2.05) is 11.8 Å². The monoisotopic (exact) mass is 191 g/mol. The van der Waals surface area contributed by atoms with Gasteiger partial charge in [-0.3, -0.25) is 4.79 Å². The second-order valence-electron chi connectivity index (χ2n) is 2.29. The Bertz CT molecular complexity index is 120. The topological polar surface area (TPSA) is 20.3 Å². The minimum atomic E-state index is -0.00204. The predicted octanol–water partition coefficient (Wildman–Crippen LogP) is 1.00. The molecule has 9 heavy (non-hydrogen) atoms. The largest absolute Gasteiger partial charge is 0.342 e. The SMILES string of the molecule is C[C@H](Br)C(=O)N1CCC1. The van der Waals surface area contributed by atoms with Crippen molar-refractivity contribution in [1.82, 2.24) is 4.90 Å². The molecule has 1 heterocycles. The molecule has 0 N–H and O–H groups in total. The van der Waals surface area contributed by atoms with Gasteiger partial charge in [0.2, 0.25) is 5.91 Å². The van der Waals surface area contributed by atoms with Crippen molar-refractivity contribution in [2.24, 2.45) is 0 Å². The Kier molecular flexibility index (Phi) is 2.11. The smallest absolute Gasteiger partial charge is 0.236 e. The Hall–Kier alpha value is -0.0500. The van der Waals surface area contributed by atoms with Crippen molar-refractivity contribution in [2.45, 2.75) is 18.2 Å². The maximum Gasteiger partial charge on any atom is 0.236 e. The molecule has 0 bridgehead atoms. The lowest BCUT2D eigenvalue weighted by Gasteiger charge is -2.31. The van der Waals surface area contributed by atoms with Crippen LogP contribution in [0.2, 0.25) is 0 Å². The van der Waals surface area contributed by atoms with Crippen molar-refractivity contribution < 1.29 is 4.79 Å². The molecule has 0 aliphatic carbocycles. The lowest BCUT2D eigenvalue weighted by molar-refractivity contribution is -0.133. The van der Waals surface area contributed by atoms with Gasteiger partial charge in [0, 0.05) is 13.1 Å². The van der Waals surface area contributed by atoms with Crippen LogP contribution in [0.25, 0.3) is 0 Å². The minimum Gasteiger partial charge on any atom is -0.342 e. The summed E-state index contributed by atoms with van der Waals surface area (Å²) in [6, 6.07) is 0. The Morgan fingerprint density at radius 3 is 2.33 bits per heavy atom. The number of hydrogen-bond acceptors (Lipinski definition) is 1. The number of nitrogens with zero attached hydrogens (tertiary/aromatic N) is 1. The van der Waals surface area contributed by atoms with Crippen LogP contribution in [0.15, 0.2) is 0 Å². The lowest BCUT2D eigenvalue weighted by Crippen LogP contribution is -2.44. The van der Waals surface area contributed by atoms with Gasteiger partial charge in [0.15, 0.2) is 0 Å². The van der Waals surface area contributed by atoms with Gasteiger partial charge in [-0.25, -0.2) is 0 Å². The third-order valence-corrected chi connectivity index (χ3v) is 1.90. The quantitative estimate of drug-likeness (QED) is 0.567. The highest BCUT2D eigenvalue weighted by Crippen LogP contribution is 2.11. The Balaban J connectivity index is 2.32. The van der Waals surface area contributed by atoms with Crippen molar-refractivity contribution in [3.63, 3.8) is 0 Å². The normalized spacial score (nSPS) is 20.9. The van der Waals surface area contributed by atoms with Crippen LogP contribution in [0.5, 0.6) is 0 Å². The van der Waals surface area contributed by atoms with Gasteiger partial charge < -0.3 is 4.90 Å². The standard InChI is InChI=1S/C6H10BrNO/c1-5(7)6(9)8-3-2-4-8/h5H,2-4H2,1H3/t5-/m0/s1. The first kappa shape index (κ1) is 7.06. The van der Waals surface area contributed by atoms with Crippen LogP contribution >= 0.6 is 15.9 Å². The van der Waals surface area contributed by atoms with Gasteiger partial charge in [0.1, 0.15) is 0 Å². The first-order valence-corrected chi connectivity index (χ1v) is 4.06. The summed E-state index contributed by atoms with van der Waals surface area (Å²) in [6.45, 7) is 3.77. The molecule has 0 aromatic carbocycles. The molecule has 0 aromatic heterocycles. The molecule has 3 heteroatoms. The fraction of sp³-hybridized carbons (Fsp3) is 0.833. The van der Waals surface area contributed by atoms with Gasteiger partial charge in [-0.1, -0.05) is 15.9 Å². The third-order valence-electron chi connectivity index (χ3n) is 1.51. The van der Waals surface area contributed by atoms with Crippen molar-refractivity contribution in [3.05, 3.63) is 0 Å².